The van der Waals surface area contributed by atoms with Crippen LogP contribution in [0.15, 0.2) is 54.6 Å². The van der Waals surface area contributed by atoms with Crippen LogP contribution < -0.4 is 4.90 Å². The number of hydrogen-bond donors (Lipinski definition) is 0. The van der Waals surface area contributed by atoms with Gasteiger partial charge in [0.15, 0.2) is 0 Å². The maximum absolute atomic E-state index is 9.91. The molecule has 1 aliphatic heterocycles. The zero-order chi connectivity index (χ0) is 18.9. The van der Waals surface area contributed by atoms with Crippen LogP contribution in [0.3, 0.4) is 0 Å². The molecule has 1 aliphatic rings. The molecule has 0 N–H and O–H groups in total. The number of nitrogens with zero attached hydrogens (tertiary/aromatic N) is 5. The number of benzene rings is 2. The first-order valence-corrected chi connectivity index (χ1v) is 9.34. The average Bonchev–Trinajstić information content (AvgIpc) is 3.11. The first-order valence-electron chi connectivity index (χ1n) is 9.34. The Balaban J connectivity index is 1.61. The topological polar surface area (TPSA) is 57.7 Å². The molecule has 0 spiro atoms. The number of aromatic nitrogens is 3. The summed E-state index contributed by atoms with van der Waals surface area (Å²) in [4.78, 5) is 2.25. The van der Waals surface area contributed by atoms with Crippen molar-refractivity contribution in [3.63, 3.8) is 0 Å². The molecule has 136 valence electrons. The van der Waals surface area contributed by atoms with E-state index in [4.69, 9.17) is 0 Å². The van der Waals surface area contributed by atoms with Crippen LogP contribution in [0.1, 0.15) is 29.8 Å². The molecule has 5 heteroatoms. The molecule has 2 heterocycles. The van der Waals surface area contributed by atoms with Gasteiger partial charge in [-0.2, -0.15) is 5.26 Å². The lowest BCUT2D eigenvalue weighted by molar-refractivity contribution is 0.411. The number of aryl methyl sites for hydroxylation is 2. The highest BCUT2D eigenvalue weighted by atomic mass is 15.4. The summed E-state index contributed by atoms with van der Waals surface area (Å²) in [6, 6.07) is 21.2. The van der Waals surface area contributed by atoms with Crippen molar-refractivity contribution >= 4 is 5.95 Å². The Kier molecular flexibility index (Phi) is 4.41. The Morgan fingerprint density at radius 2 is 1.59 bits per heavy atom. The molecule has 0 saturated carbocycles. The zero-order valence-corrected chi connectivity index (χ0v) is 15.8. The van der Waals surface area contributed by atoms with E-state index in [0.717, 1.165) is 49.0 Å². The average molecular weight is 357 g/mol. The molecule has 0 unspecified atom stereocenters. The van der Waals surface area contributed by atoms with Gasteiger partial charge in [0.2, 0.25) is 5.95 Å². The summed E-state index contributed by atoms with van der Waals surface area (Å²) in [5, 5.41) is 18.7. The highest BCUT2D eigenvalue weighted by Crippen LogP contribution is 2.36. The van der Waals surface area contributed by atoms with Crippen LogP contribution in [0, 0.1) is 25.2 Å². The summed E-state index contributed by atoms with van der Waals surface area (Å²) >= 11 is 0. The first-order chi connectivity index (χ1) is 13.1. The molecule has 1 fully saturated rings. The number of rotatable bonds is 3. The van der Waals surface area contributed by atoms with Crippen LogP contribution in [0.5, 0.6) is 0 Å². The Morgan fingerprint density at radius 1 is 0.926 bits per heavy atom. The highest BCUT2D eigenvalue weighted by Gasteiger charge is 2.37. The summed E-state index contributed by atoms with van der Waals surface area (Å²) < 4.78 is 2.10. The number of hydrogen-bond acceptors (Lipinski definition) is 4. The van der Waals surface area contributed by atoms with E-state index in [0.29, 0.717) is 0 Å². The molecule has 0 bridgehead atoms. The van der Waals surface area contributed by atoms with Crippen LogP contribution in [0.4, 0.5) is 5.95 Å². The van der Waals surface area contributed by atoms with Crippen molar-refractivity contribution in [1.29, 1.82) is 5.26 Å². The van der Waals surface area contributed by atoms with Gasteiger partial charge >= 0.3 is 0 Å². The van der Waals surface area contributed by atoms with Crippen molar-refractivity contribution in [3.05, 3.63) is 71.5 Å². The van der Waals surface area contributed by atoms with E-state index in [1.165, 1.54) is 5.56 Å². The minimum Gasteiger partial charge on any atom is -0.340 e. The minimum absolute atomic E-state index is 0.415. The van der Waals surface area contributed by atoms with Gasteiger partial charge in [0.1, 0.15) is 5.82 Å². The van der Waals surface area contributed by atoms with Gasteiger partial charge in [-0.25, -0.2) is 0 Å². The molecule has 1 saturated heterocycles. The quantitative estimate of drug-likeness (QED) is 0.712. The molecule has 2 aromatic carbocycles. The van der Waals surface area contributed by atoms with Gasteiger partial charge in [0, 0.05) is 13.1 Å². The van der Waals surface area contributed by atoms with Crippen molar-refractivity contribution in [2.75, 3.05) is 18.0 Å². The zero-order valence-electron chi connectivity index (χ0n) is 15.8. The second-order valence-electron chi connectivity index (χ2n) is 7.27. The molecular formula is C22H23N5. The lowest BCUT2D eigenvalue weighted by Crippen LogP contribution is -2.43. The van der Waals surface area contributed by atoms with Gasteiger partial charge in [-0.05, 0) is 44.4 Å². The van der Waals surface area contributed by atoms with Crippen LogP contribution in [-0.4, -0.2) is 27.9 Å². The first kappa shape index (κ1) is 17.3. The van der Waals surface area contributed by atoms with Gasteiger partial charge < -0.3 is 4.90 Å². The van der Waals surface area contributed by atoms with Gasteiger partial charge in [0.25, 0.3) is 0 Å². The van der Waals surface area contributed by atoms with Crippen LogP contribution in [-0.2, 0) is 5.41 Å². The summed E-state index contributed by atoms with van der Waals surface area (Å²) in [6.45, 7) is 5.63. The maximum Gasteiger partial charge on any atom is 0.231 e. The second kappa shape index (κ2) is 6.88. The van der Waals surface area contributed by atoms with Crippen molar-refractivity contribution in [3.8, 4) is 11.8 Å². The summed E-state index contributed by atoms with van der Waals surface area (Å²) in [6.07, 6.45) is 1.57. The van der Waals surface area contributed by atoms with Gasteiger partial charge in [-0.1, -0.05) is 48.0 Å². The van der Waals surface area contributed by atoms with Crippen molar-refractivity contribution < 1.29 is 0 Å². The predicted octanol–water partition coefficient (Wildman–Crippen LogP) is 3.95. The van der Waals surface area contributed by atoms with Gasteiger partial charge in [0.05, 0.1) is 17.2 Å². The molecular weight excluding hydrogens is 334 g/mol. The van der Waals surface area contributed by atoms with E-state index in [1.54, 1.807) is 0 Å². The fraction of sp³-hybridized carbons (Fsp3) is 0.318. The Labute approximate surface area is 159 Å². The van der Waals surface area contributed by atoms with Crippen LogP contribution >= 0.6 is 0 Å². The lowest BCUT2D eigenvalue weighted by Gasteiger charge is -2.38. The lowest BCUT2D eigenvalue weighted by atomic mass is 9.74. The highest BCUT2D eigenvalue weighted by molar-refractivity contribution is 5.46. The Hall–Kier alpha value is -3.13. The molecule has 0 radical (unpaired) electrons. The van der Waals surface area contributed by atoms with Crippen LogP contribution in [0.2, 0.25) is 0 Å². The van der Waals surface area contributed by atoms with E-state index in [1.807, 2.05) is 25.1 Å². The fourth-order valence-corrected chi connectivity index (χ4v) is 3.86. The number of anilines is 1. The van der Waals surface area contributed by atoms with Crippen LogP contribution in [0.25, 0.3) is 5.69 Å². The summed E-state index contributed by atoms with van der Waals surface area (Å²) in [5.74, 6) is 1.73. The smallest absolute Gasteiger partial charge is 0.231 e. The molecule has 0 amide bonds. The van der Waals surface area contributed by atoms with Crippen molar-refractivity contribution in [1.82, 2.24) is 14.8 Å². The Morgan fingerprint density at radius 3 is 2.22 bits per heavy atom. The second-order valence-corrected chi connectivity index (χ2v) is 7.27. The number of nitriles is 1. The molecule has 3 aromatic rings. The summed E-state index contributed by atoms with van der Waals surface area (Å²) in [5.41, 5.74) is 2.99. The molecule has 0 aliphatic carbocycles. The standard InChI is InChI=1S/C22H23N5/c1-17-8-10-20(11-9-17)27-18(2)24-25-21(27)26-14-12-22(16-23,13-15-26)19-6-4-3-5-7-19/h3-11H,12-15H2,1-2H3. The largest absolute Gasteiger partial charge is 0.340 e. The van der Waals surface area contributed by atoms with Gasteiger partial charge in [-0.15, -0.1) is 10.2 Å². The molecule has 0 atom stereocenters. The third-order valence-corrected chi connectivity index (χ3v) is 5.54. The van der Waals surface area contributed by atoms with E-state index in [2.05, 4.69) is 69.1 Å². The maximum atomic E-state index is 9.91. The van der Waals surface area contributed by atoms with Crippen molar-refractivity contribution in [2.45, 2.75) is 32.1 Å². The molecule has 5 nitrogen and oxygen atoms in total. The van der Waals surface area contributed by atoms with E-state index in [-0.39, 0.29) is 0 Å². The third-order valence-electron chi connectivity index (χ3n) is 5.54. The minimum atomic E-state index is -0.415. The molecule has 27 heavy (non-hydrogen) atoms. The van der Waals surface area contributed by atoms with E-state index in [9.17, 15) is 5.26 Å². The SMILES string of the molecule is Cc1ccc(-n2c(C)nnc2N2CCC(C#N)(c3ccccc3)CC2)cc1. The van der Waals surface area contributed by atoms with Crippen molar-refractivity contribution in [2.24, 2.45) is 0 Å². The normalized spacial score (nSPS) is 16.1. The monoisotopic (exact) mass is 357 g/mol. The fourth-order valence-electron chi connectivity index (χ4n) is 3.86. The number of piperidine rings is 1. The molecule has 4 rings (SSSR count). The predicted molar refractivity (Wildman–Crippen MR) is 106 cm³/mol. The third kappa shape index (κ3) is 3.08. The molecule has 1 aromatic heterocycles. The van der Waals surface area contributed by atoms with Gasteiger partial charge in [-0.3, -0.25) is 4.57 Å². The van der Waals surface area contributed by atoms with E-state index >= 15 is 0 Å². The summed E-state index contributed by atoms with van der Waals surface area (Å²) in [7, 11) is 0. The Bertz CT molecular complexity index is 958. The van der Waals surface area contributed by atoms with E-state index < -0.39 is 5.41 Å².